The van der Waals surface area contributed by atoms with Crippen molar-refractivity contribution in [3.63, 3.8) is 0 Å². The lowest BCUT2D eigenvalue weighted by atomic mass is 10.1. The number of nitrogens with one attached hydrogen (secondary N) is 1. The number of halogens is 1. The van der Waals surface area contributed by atoms with Crippen molar-refractivity contribution in [3.05, 3.63) is 59.3 Å². The lowest BCUT2D eigenvalue weighted by molar-refractivity contribution is 0.406. The minimum atomic E-state index is -0.679. The maximum absolute atomic E-state index is 14.9. The summed E-state index contributed by atoms with van der Waals surface area (Å²) in [7, 11) is 4.58. The van der Waals surface area contributed by atoms with E-state index in [2.05, 4.69) is 20.2 Å². The molecular weight excluding hydrogens is 403 g/mol. The summed E-state index contributed by atoms with van der Waals surface area (Å²) in [5.41, 5.74) is 2.62. The number of nitrogens with zero attached hydrogens (tertiary/aromatic N) is 5. The molecule has 1 N–H and O–H groups in total. The van der Waals surface area contributed by atoms with Gasteiger partial charge in [-0.1, -0.05) is 0 Å². The molecule has 4 heterocycles. The van der Waals surface area contributed by atoms with Crippen LogP contribution in [0.25, 0.3) is 38.9 Å². The van der Waals surface area contributed by atoms with E-state index in [1.165, 1.54) is 22.4 Å². The standard InChI is InChI=1S/C21H17FN6O3/c1-27-16-9-24-15-7-17(30-2)11(14-4-5-25-26-14)6-12(15)19(16)28(21(27)29)20-13(22)8-23-10-18(20)31-3/h4-10H,1-3H3,(H,25,26). The van der Waals surface area contributed by atoms with E-state index in [-0.39, 0.29) is 11.4 Å². The maximum atomic E-state index is 14.9. The van der Waals surface area contributed by atoms with Gasteiger partial charge in [0.05, 0.1) is 55.1 Å². The van der Waals surface area contributed by atoms with Gasteiger partial charge in [-0.25, -0.2) is 9.18 Å². The van der Waals surface area contributed by atoms with Gasteiger partial charge in [0.15, 0.2) is 11.6 Å². The predicted molar refractivity (Wildman–Crippen MR) is 112 cm³/mol. The minimum Gasteiger partial charge on any atom is -0.496 e. The molecule has 156 valence electrons. The third-order valence-corrected chi connectivity index (χ3v) is 5.28. The van der Waals surface area contributed by atoms with Crippen molar-refractivity contribution >= 4 is 21.9 Å². The number of ether oxygens (including phenoxy) is 2. The molecule has 10 heteroatoms. The van der Waals surface area contributed by atoms with Crippen LogP contribution in [0.1, 0.15) is 0 Å². The normalized spacial score (nSPS) is 11.4. The number of aromatic amines is 1. The smallest absolute Gasteiger partial charge is 0.333 e. The number of aromatic nitrogens is 6. The van der Waals surface area contributed by atoms with Crippen molar-refractivity contribution in [1.82, 2.24) is 29.3 Å². The SMILES string of the molecule is COc1cc2ncc3c(c2cc1-c1ccn[nH]1)n(-c1c(F)cncc1OC)c(=O)n3C. The second-order valence-corrected chi connectivity index (χ2v) is 6.88. The quantitative estimate of drug-likeness (QED) is 0.480. The van der Waals surface area contributed by atoms with Crippen LogP contribution in [0.3, 0.4) is 0 Å². The molecule has 0 radical (unpaired) electrons. The molecule has 9 nitrogen and oxygen atoms in total. The number of benzene rings is 1. The number of imidazole rings is 1. The van der Waals surface area contributed by atoms with Crippen molar-refractivity contribution in [2.24, 2.45) is 7.05 Å². The first-order valence-electron chi connectivity index (χ1n) is 9.31. The number of methoxy groups -OCH3 is 2. The molecule has 0 saturated carbocycles. The second-order valence-electron chi connectivity index (χ2n) is 6.88. The molecule has 4 aromatic heterocycles. The van der Waals surface area contributed by atoms with Gasteiger partial charge in [-0.15, -0.1) is 0 Å². The van der Waals surface area contributed by atoms with E-state index < -0.39 is 11.5 Å². The Morgan fingerprint density at radius 3 is 2.61 bits per heavy atom. The van der Waals surface area contributed by atoms with E-state index in [0.29, 0.717) is 27.7 Å². The van der Waals surface area contributed by atoms with Crippen molar-refractivity contribution in [2.45, 2.75) is 0 Å². The first kappa shape index (κ1) is 18.8. The summed E-state index contributed by atoms with van der Waals surface area (Å²) in [5.74, 6) is 0.0455. The molecule has 0 aliphatic heterocycles. The van der Waals surface area contributed by atoms with Gasteiger partial charge in [0.1, 0.15) is 11.4 Å². The van der Waals surface area contributed by atoms with Crippen LogP contribution >= 0.6 is 0 Å². The molecule has 1 aromatic carbocycles. The molecule has 0 spiro atoms. The van der Waals surface area contributed by atoms with Crippen molar-refractivity contribution < 1.29 is 13.9 Å². The Hall–Kier alpha value is -4.21. The molecule has 0 fully saturated rings. The Bertz CT molecular complexity index is 1500. The largest absolute Gasteiger partial charge is 0.496 e. The summed E-state index contributed by atoms with van der Waals surface area (Å²) in [5, 5.41) is 7.56. The van der Waals surface area contributed by atoms with Gasteiger partial charge in [-0.3, -0.25) is 24.2 Å². The first-order chi connectivity index (χ1) is 15.0. The van der Waals surface area contributed by atoms with Crippen LogP contribution < -0.4 is 15.2 Å². The molecule has 0 unspecified atom stereocenters. The Morgan fingerprint density at radius 2 is 1.90 bits per heavy atom. The van der Waals surface area contributed by atoms with Gasteiger partial charge in [0.25, 0.3) is 0 Å². The molecule has 5 rings (SSSR count). The summed E-state index contributed by atoms with van der Waals surface area (Å²) < 4.78 is 28.5. The molecule has 0 atom stereocenters. The highest BCUT2D eigenvalue weighted by Gasteiger charge is 2.23. The maximum Gasteiger partial charge on any atom is 0.333 e. The van der Waals surface area contributed by atoms with E-state index in [4.69, 9.17) is 9.47 Å². The molecule has 0 saturated heterocycles. The van der Waals surface area contributed by atoms with Crippen LogP contribution in [0.15, 0.2) is 47.8 Å². The fraction of sp³-hybridized carbons (Fsp3) is 0.143. The van der Waals surface area contributed by atoms with Gasteiger partial charge in [-0.05, 0) is 12.1 Å². The summed E-state index contributed by atoms with van der Waals surface area (Å²) in [4.78, 5) is 21.5. The molecule has 5 aromatic rings. The Balaban J connectivity index is 1.98. The fourth-order valence-electron chi connectivity index (χ4n) is 3.79. The van der Waals surface area contributed by atoms with Crippen LogP contribution in [-0.2, 0) is 7.05 Å². The Kier molecular flexibility index (Phi) is 4.21. The van der Waals surface area contributed by atoms with Crippen molar-refractivity contribution in [1.29, 1.82) is 0 Å². The minimum absolute atomic E-state index is 0.0143. The number of rotatable bonds is 4. The zero-order chi connectivity index (χ0) is 21.7. The van der Waals surface area contributed by atoms with Gasteiger partial charge in [-0.2, -0.15) is 5.10 Å². The predicted octanol–water partition coefficient (Wildman–Crippen LogP) is 2.82. The Labute approximate surface area is 174 Å². The topological polar surface area (TPSA) is 99.9 Å². The third kappa shape index (κ3) is 2.68. The summed E-state index contributed by atoms with van der Waals surface area (Å²) in [6, 6.07) is 5.42. The van der Waals surface area contributed by atoms with E-state index in [0.717, 1.165) is 17.5 Å². The number of H-pyrrole nitrogens is 1. The molecule has 31 heavy (non-hydrogen) atoms. The number of fused-ring (bicyclic) bond motifs is 3. The number of hydrogen-bond acceptors (Lipinski definition) is 6. The first-order valence-corrected chi connectivity index (χ1v) is 9.31. The molecular formula is C21H17FN6O3. The zero-order valence-electron chi connectivity index (χ0n) is 16.9. The van der Waals surface area contributed by atoms with Crippen LogP contribution in [0.4, 0.5) is 4.39 Å². The summed E-state index contributed by atoms with van der Waals surface area (Å²) in [6.45, 7) is 0. The van der Waals surface area contributed by atoms with Crippen molar-refractivity contribution in [2.75, 3.05) is 14.2 Å². The van der Waals surface area contributed by atoms with Gasteiger partial charge in [0.2, 0.25) is 0 Å². The lowest BCUT2D eigenvalue weighted by Crippen LogP contribution is -2.22. The van der Waals surface area contributed by atoms with Crippen LogP contribution in [0.2, 0.25) is 0 Å². The van der Waals surface area contributed by atoms with Gasteiger partial charge >= 0.3 is 5.69 Å². The fourth-order valence-corrected chi connectivity index (χ4v) is 3.79. The average Bonchev–Trinajstić information content (AvgIpc) is 3.40. The molecule has 0 aliphatic rings. The lowest BCUT2D eigenvalue weighted by Gasteiger charge is -2.13. The highest BCUT2D eigenvalue weighted by atomic mass is 19.1. The number of aryl methyl sites for hydroxylation is 1. The monoisotopic (exact) mass is 420 g/mol. The number of hydrogen-bond donors (Lipinski definition) is 1. The average molecular weight is 420 g/mol. The number of pyridine rings is 2. The van der Waals surface area contributed by atoms with Crippen LogP contribution in [-0.4, -0.2) is 43.5 Å². The summed E-state index contributed by atoms with van der Waals surface area (Å²) >= 11 is 0. The van der Waals surface area contributed by atoms with E-state index >= 15 is 0 Å². The van der Waals surface area contributed by atoms with E-state index in [1.54, 1.807) is 38.7 Å². The summed E-state index contributed by atoms with van der Waals surface area (Å²) in [6.07, 6.45) is 5.63. The van der Waals surface area contributed by atoms with Crippen molar-refractivity contribution in [3.8, 4) is 28.4 Å². The molecule has 0 aliphatic carbocycles. The van der Waals surface area contributed by atoms with Crippen LogP contribution in [0, 0.1) is 5.82 Å². The molecule has 0 bridgehead atoms. The van der Waals surface area contributed by atoms with Gasteiger partial charge in [0, 0.05) is 30.3 Å². The highest BCUT2D eigenvalue weighted by molar-refractivity contribution is 6.05. The van der Waals surface area contributed by atoms with Gasteiger partial charge < -0.3 is 9.47 Å². The van der Waals surface area contributed by atoms with E-state index in [1.807, 2.05) is 6.07 Å². The second kappa shape index (κ2) is 6.94. The third-order valence-electron chi connectivity index (χ3n) is 5.28. The Morgan fingerprint density at radius 1 is 1.10 bits per heavy atom. The highest BCUT2D eigenvalue weighted by Crippen LogP contribution is 2.36. The molecule has 0 amide bonds. The zero-order valence-corrected chi connectivity index (χ0v) is 16.9. The van der Waals surface area contributed by atoms with E-state index in [9.17, 15) is 9.18 Å². The van der Waals surface area contributed by atoms with Crippen LogP contribution in [0.5, 0.6) is 11.5 Å².